The molecule has 2 N–H and O–H groups in total. The van der Waals surface area contributed by atoms with Crippen LogP contribution in [0.2, 0.25) is 0 Å². The second-order valence-electron chi connectivity index (χ2n) is 5.42. The van der Waals surface area contributed by atoms with Gasteiger partial charge in [-0.2, -0.15) is 0 Å². The average molecular weight is 204 g/mol. The van der Waals surface area contributed by atoms with Crippen molar-refractivity contribution in [1.82, 2.24) is 0 Å². The smallest absolute Gasteiger partial charge is 0.367 e. The molecule has 0 bridgehead atoms. The van der Waals surface area contributed by atoms with Crippen LogP contribution < -0.4 is 0 Å². The summed E-state index contributed by atoms with van der Waals surface area (Å²) in [6, 6.07) is 0. The Balaban J connectivity index is 4.70. The fourth-order valence-corrected chi connectivity index (χ4v) is 0.655. The summed E-state index contributed by atoms with van der Waals surface area (Å²) in [5, 5.41) is 19.1. The number of ether oxygens (including phenoxy) is 1. The zero-order valence-electron chi connectivity index (χ0n) is 9.71. The molecular formula is C10H20O4. The molecule has 0 aliphatic rings. The minimum Gasteiger partial charge on any atom is -0.456 e. The largest absolute Gasteiger partial charge is 0.456 e. The van der Waals surface area contributed by atoms with Gasteiger partial charge in [-0.3, -0.25) is 0 Å². The van der Waals surface area contributed by atoms with Crippen LogP contribution in [0, 0.1) is 5.41 Å². The molecule has 0 heterocycles. The van der Waals surface area contributed by atoms with E-state index in [1.165, 1.54) is 0 Å². The van der Waals surface area contributed by atoms with Crippen LogP contribution in [0.1, 0.15) is 41.5 Å². The van der Waals surface area contributed by atoms with Crippen molar-refractivity contribution in [2.75, 3.05) is 0 Å². The molecule has 14 heavy (non-hydrogen) atoms. The van der Waals surface area contributed by atoms with Gasteiger partial charge in [0.05, 0.1) is 0 Å². The molecule has 0 saturated carbocycles. The van der Waals surface area contributed by atoms with Gasteiger partial charge in [0.1, 0.15) is 5.60 Å². The van der Waals surface area contributed by atoms with E-state index in [0.717, 1.165) is 0 Å². The fourth-order valence-electron chi connectivity index (χ4n) is 0.655. The molecule has 4 heteroatoms. The molecule has 0 unspecified atom stereocenters. The quantitative estimate of drug-likeness (QED) is 0.495. The van der Waals surface area contributed by atoms with E-state index < -0.39 is 22.8 Å². The number of hydrogen-bond acceptors (Lipinski definition) is 4. The Labute approximate surface area is 84.9 Å². The Kier molecular flexibility index (Phi) is 3.36. The van der Waals surface area contributed by atoms with Crippen molar-refractivity contribution in [2.45, 2.75) is 52.9 Å². The van der Waals surface area contributed by atoms with Crippen LogP contribution in [0.4, 0.5) is 0 Å². The average Bonchev–Trinajstić information content (AvgIpc) is 1.80. The normalized spacial score (nSPS) is 14.0. The van der Waals surface area contributed by atoms with E-state index in [1.54, 1.807) is 41.5 Å². The van der Waals surface area contributed by atoms with Gasteiger partial charge >= 0.3 is 5.97 Å². The molecule has 0 saturated heterocycles. The molecule has 0 radical (unpaired) electrons. The van der Waals surface area contributed by atoms with Crippen LogP contribution in [-0.2, 0) is 9.53 Å². The lowest BCUT2D eigenvalue weighted by atomic mass is 9.85. The summed E-state index contributed by atoms with van der Waals surface area (Å²) in [6.45, 7) is 9.67. The van der Waals surface area contributed by atoms with Gasteiger partial charge in [0, 0.05) is 5.41 Å². The molecule has 0 aliphatic carbocycles. The van der Waals surface area contributed by atoms with Crippen molar-refractivity contribution in [3.05, 3.63) is 0 Å². The Morgan fingerprint density at radius 2 is 1.36 bits per heavy atom. The van der Waals surface area contributed by atoms with Gasteiger partial charge in [-0.15, -0.1) is 0 Å². The van der Waals surface area contributed by atoms with Gasteiger partial charge in [0.2, 0.25) is 0 Å². The first-order valence-corrected chi connectivity index (χ1v) is 4.56. The van der Waals surface area contributed by atoms with E-state index in [2.05, 4.69) is 0 Å². The summed E-state index contributed by atoms with van der Waals surface area (Å²) in [5.74, 6) is -3.47. The van der Waals surface area contributed by atoms with E-state index in [1.807, 2.05) is 0 Å². The zero-order chi connectivity index (χ0) is 11.8. The standard InChI is InChI=1S/C10H20O4/c1-8(2,3)10(12,13)7(11)14-9(4,5)6/h12-13H,1-6H3. The predicted octanol–water partition coefficient (Wildman–Crippen LogP) is 1.06. The van der Waals surface area contributed by atoms with Gasteiger partial charge in [0.25, 0.3) is 5.79 Å². The first-order valence-electron chi connectivity index (χ1n) is 4.56. The molecule has 0 spiro atoms. The SMILES string of the molecule is CC(C)(C)OC(=O)C(O)(O)C(C)(C)C. The number of rotatable bonds is 1. The summed E-state index contributed by atoms with van der Waals surface area (Å²) in [6.07, 6.45) is 0. The molecule has 0 amide bonds. The molecule has 4 nitrogen and oxygen atoms in total. The van der Waals surface area contributed by atoms with E-state index in [-0.39, 0.29) is 0 Å². The second kappa shape index (κ2) is 3.51. The van der Waals surface area contributed by atoms with E-state index in [4.69, 9.17) is 4.74 Å². The van der Waals surface area contributed by atoms with Crippen LogP contribution in [0.5, 0.6) is 0 Å². The summed E-state index contributed by atoms with van der Waals surface area (Å²) < 4.78 is 4.89. The summed E-state index contributed by atoms with van der Waals surface area (Å²) in [5.41, 5.74) is -1.70. The molecule has 84 valence electrons. The minimum absolute atomic E-state index is 0.723. The topological polar surface area (TPSA) is 66.8 Å². The van der Waals surface area contributed by atoms with Crippen molar-refractivity contribution in [3.8, 4) is 0 Å². The van der Waals surface area contributed by atoms with E-state index in [0.29, 0.717) is 0 Å². The minimum atomic E-state index is -2.46. The fraction of sp³-hybridized carbons (Fsp3) is 0.900. The summed E-state index contributed by atoms with van der Waals surface area (Å²) in [4.78, 5) is 11.4. The number of carbonyl (C=O) groups is 1. The van der Waals surface area contributed by atoms with E-state index >= 15 is 0 Å². The van der Waals surface area contributed by atoms with Crippen molar-refractivity contribution in [3.63, 3.8) is 0 Å². The highest BCUT2D eigenvalue weighted by molar-refractivity contribution is 5.78. The van der Waals surface area contributed by atoms with Gasteiger partial charge in [-0.05, 0) is 20.8 Å². The molecule has 0 fully saturated rings. The van der Waals surface area contributed by atoms with Gasteiger partial charge in [0.15, 0.2) is 0 Å². The maximum absolute atomic E-state index is 11.4. The third kappa shape index (κ3) is 3.27. The number of aliphatic hydroxyl groups is 2. The molecule has 0 aromatic carbocycles. The Hall–Kier alpha value is -0.610. The molecule has 0 aliphatic heterocycles. The Morgan fingerprint density at radius 3 is 1.57 bits per heavy atom. The lowest BCUT2D eigenvalue weighted by Crippen LogP contribution is -2.52. The maximum atomic E-state index is 11.4. The second-order valence-corrected chi connectivity index (χ2v) is 5.42. The van der Waals surface area contributed by atoms with Crippen LogP contribution in [-0.4, -0.2) is 27.6 Å². The van der Waals surface area contributed by atoms with Crippen molar-refractivity contribution >= 4 is 5.97 Å². The lowest BCUT2D eigenvalue weighted by Gasteiger charge is -2.34. The summed E-state index contributed by atoms with van der Waals surface area (Å²) >= 11 is 0. The third-order valence-electron chi connectivity index (χ3n) is 1.73. The first kappa shape index (κ1) is 13.4. The lowest BCUT2D eigenvalue weighted by molar-refractivity contribution is -0.250. The van der Waals surface area contributed by atoms with Crippen LogP contribution >= 0.6 is 0 Å². The Morgan fingerprint density at radius 1 is 1.00 bits per heavy atom. The first-order chi connectivity index (χ1) is 5.88. The highest BCUT2D eigenvalue weighted by atomic mass is 16.6. The van der Waals surface area contributed by atoms with E-state index in [9.17, 15) is 15.0 Å². The van der Waals surface area contributed by atoms with Crippen molar-refractivity contribution < 1.29 is 19.7 Å². The molecule has 0 rings (SSSR count). The predicted molar refractivity (Wildman–Crippen MR) is 52.5 cm³/mol. The highest BCUT2D eigenvalue weighted by Crippen LogP contribution is 2.30. The van der Waals surface area contributed by atoms with Gasteiger partial charge < -0.3 is 14.9 Å². The van der Waals surface area contributed by atoms with Crippen LogP contribution in [0.15, 0.2) is 0 Å². The maximum Gasteiger partial charge on any atom is 0.367 e. The van der Waals surface area contributed by atoms with Crippen LogP contribution in [0.25, 0.3) is 0 Å². The highest BCUT2D eigenvalue weighted by Gasteiger charge is 2.48. The zero-order valence-corrected chi connectivity index (χ0v) is 9.71. The summed E-state index contributed by atoms with van der Waals surface area (Å²) in [7, 11) is 0. The van der Waals surface area contributed by atoms with Crippen LogP contribution in [0.3, 0.4) is 0 Å². The van der Waals surface area contributed by atoms with Gasteiger partial charge in [-0.1, -0.05) is 20.8 Å². The van der Waals surface area contributed by atoms with Gasteiger partial charge in [-0.25, -0.2) is 4.79 Å². The molecule has 0 aromatic rings. The number of hydrogen-bond donors (Lipinski definition) is 2. The number of esters is 1. The van der Waals surface area contributed by atoms with Crippen molar-refractivity contribution in [2.24, 2.45) is 5.41 Å². The monoisotopic (exact) mass is 204 g/mol. The van der Waals surface area contributed by atoms with Crippen molar-refractivity contribution in [1.29, 1.82) is 0 Å². The molecule has 0 atom stereocenters. The third-order valence-corrected chi connectivity index (χ3v) is 1.73. The molecular weight excluding hydrogens is 184 g/mol. The number of carbonyl (C=O) groups excluding carboxylic acids is 1. The Bertz CT molecular complexity index is 217. The molecule has 0 aromatic heterocycles.